The number of hydrogen-bond donors (Lipinski definition) is 0. The minimum Gasteiger partial charge on any atom is -0.265 e. The second kappa shape index (κ2) is 2.21. The Hall–Kier alpha value is -1.18. The van der Waals surface area contributed by atoms with Crippen molar-refractivity contribution < 1.29 is 0 Å². The number of aliphatic imine (C=N–C) groups is 2. The molecule has 2 heteroatoms. The third-order valence-corrected chi connectivity index (χ3v) is 1.71. The van der Waals surface area contributed by atoms with Gasteiger partial charge in [-0.3, -0.25) is 4.99 Å². The van der Waals surface area contributed by atoms with Gasteiger partial charge in [-0.25, -0.2) is 4.99 Å². The molecule has 50 valence electrons. The van der Waals surface area contributed by atoms with Gasteiger partial charge in [0.05, 0.1) is 6.04 Å². The van der Waals surface area contributed by atoms with Crippen LogP contribution in [0, 0.1) is 0 Å². The Labute approximate surface area is 59.7 Å². The van der Waals surface area contributed by atoms with Crippen molar-refractivity contribution in [2.24, 2.45) is 9.98 Å². The third-order valence-electron chi connectivity index (χ3n) is 1.71. The van der Waals surface area contributed by atoms with Crippen molar-refractivity contribution in [3.05, 3.63) is 23.8 Å². The molecular formula is C8H8N2. The maximum atomic E-state index is 4.21. The Balaban J connectivity index is 2.34. The molecule has 0 bridgehead atoms. The summed E-state index contributed by atoms with van der Waals surface area (Å²) in [5.41, 5.74) is 1.23. The van der Waals surface area contributed by atoms with Crippen molar-refractivity contribution in [3.8, 4) is 0 Å². The van der Waals surface area contributed by atoms with Crippen LogP contribution in [0.3, 0.4) is 0 Å². The number of allylic oxidation sites excluding steroid dienone is 2. The maximum absolute atomic E-state index is 4.21. The molecule has 10 heavy (non-hydrogen) atoms. The number of fused-ring (bicyclic) bond motifs is 1. The molecule has 1 heterocycles. The number of rotatable bonds is 0. The Morgan fingerprint density at radius 1 is 1.50 bits per heavy atom. The Morgan fingerprint density at radius 2 is 2.50 bits per heavy atom. The van der Waals surface area contributed by atoms with Crippen LogP contribution in [0.4, 0.5) is 0 Å². The molecule has 0 saturated heterocycles. The molecule has 0 aromatic carbocycles. The molecule has 0 spiro atoms. The second-order valence-electron chi connectivity index (χ2n) is 2.39. The quantitative estimate of drug-likeness (QED) is 0.475. The fraction of sp³-hybridized carbons (Fsp3) is 0.250. The van der Waals surface area contributed by atoms with Crippen molar-refractivity contribution in [2.45, 2.75) is 12.5 Å². The molecule has 0 amide bonds. The van der Waals surface area contributed by atoms with Crippen molar-refractivity contribution in [1.82, 2.24) is 0 Å². The highest BCUT2D eigenvalue weighted by molar-refractivity contribution is 5.89. The SMILES string of the molecule is C1=CCC2N=CN=CC2=C1. The molecule has 0 saturated carbocycles. The van der Waals surface area contributed by atoms with Crippen LogP contribution in [0.5, 0.6) is 0 Å². The molecule has 1 unspecified atom stereocenters. The largest absolute Gasteiger partial charge is 0.265 e. The van der Waals surface area contributed by atoms with Gasteiger partial charge >= 0.3 is 0 Å². The zero-order valence-electron chi connectivity index (χ0n) is 5.57. The normalized spacial score (nSPS) is 28.0. The third kappa shape index (κ3) is 0.817. The first-order valence-corrected chi connectivity index (χ1v) is 3.38. The molecule has 2 rings (SSSR count). The average molecular weight is 132 g/mol. The molecule has 1 atom stereocenters. The topological polar surface area (TPSA) is 24.7 Å². The summed E-state index contributed by atoms with van der Waals surface area (Å²) >= 11 is 0. The number of nitrogens with zero attached hydrogens (tertiary/aromatic N) is 2. The smallest absolute Gasteiger partial charge is 0.110 e. The minimum atomic E-state index is 0.350. The van der Waals surface area contributed by atoms with Crippen LogP contribution in [0.15, 0.2) is 33.8 Å². The summed E-state index contributed by atoms with van der Waals surface area (Å²) in [5, 5.41) is 0. The van der Waals surface area contributed by atoms with Gasteiger partial charge < -0.3 is 0 Å². The van der Waals surface area contributed by atoms with Crippen LogP contribution >= 0.6 is 0 Å². The highest BCUT2D eigenvalue weighted by Gasteiger charge is 2.12. The zero-order valence-corrected chi connectivity index (χ0v) is 5.57. The molecule has 2 aliphatic rings. The van der Waals surface area contributed by atoms with E-state index in [2.05, 4.69) is 28.2 Å². The first-order chi connectivity index (χ1) is 4.97. The van der Waals surface area contributed by atoms with Gasteiger partial charge in [-0.05, 0) is 12.0 Å². The van der Waals surface area contributed by atoms with E-state index >= 15 is 0 Å². The lowest BCUT2D eigenvalue weighted by atomic mass is 10.0. The molecule has 1 aliphatic heterocycles. The van der Waals surface area contributed by atoms with E-state index in [0.717, 1.165) is 6.42 Å². The second-order valence-corrected chi connectivity index (χ2v) is 2.39. The monoisotopic (exact) mass is 132 g/mol. The summed E-state index contributed by atoms with van der Waals surface area (Å²) in [6.07, 6.45) is 10.8. The molecular weight excluding hydrogens is 124 g/mol. The molecule has 0 aromatic heterocycles. The summed E-state index contributed by atoms with van der Waals surface area (Å²) in [5.74, 6) is 0. The van der Waals surface area contributed by atoms with Crippen LogP contribution in [-0.2, 0) is 0 Å². The highest BCUT2D eigenvalue weighted by atomic mass is 14.9. The van der Waals surface area contributed by atoms with Crippen LogP contribution < -0.4 is 0 Å². The average Bonchev–Trinajstić information content (AvgIpc) is 2.05. The van der Waals surface area contributed by atoms with Crippen LogP contribution in [0.25, 0.3) is 0 Å². The van der Waals surface area contributed by atoms with Gasteiger partial charge in [-0.2, -0.15) is 0 Å². The predicted molar refractivity (Wildman–Crippen MR) is 42.6 cm³/mol. The van der Waals surface area contributed by atoms with Crippen LogP contribution in [-0.4, -0.2) is 18.6 Å². The van der Waals surface area contributed by atoms with E-state index in [1.54, 1.807) is 6.34 Å². The lowest BCUT2D eigenvalue weighted by molar-refractivity contribution is 0.804. The molecule has 2 nitrogen and oxygen atoms in total. The zero-order chi connectivity index (χ0) is 6.81. The minimum absolute atomic E-state index is 0.350. The van der Waals surface area contributed by atoms with Gasteiger partial charge in [0, 0.05) is 6.21 Å². The van der Waals surface area contributed by atoms with Crippen molar-refractivity contribution >= 4 is 12.6 Å². The maximum Gasteiger partial charge on any atom is 0.110 e. The molecule has 0 N–H and O–H groups in total. The van der Waals surface area contributed by atoms with Gasteiger partial charge in [0.2, 0.25) is 0 Å². The fourth-order valence-corrected chi connectivity index (χ4v) is 1.15. The molecule has 0 aromatic rings. The lowest BCUT2D eigenvalue weighted by Gasteiger charge is -2.15. The summed E-state index contributed by atoms with van der Waals surface area (Å²) in [6.45, 7) is 0. The number of hydrogen-bond acceptors (Lipinski definition) is 2. The van der Waals surface area contributed by atoms with Crippen molar-refractivity contribution in [2.75, 3.05) is 0 Å². The summed E-state index contributed by atoms with van der Waals surface area (Å²) in [4.78, 5) is 8.15. The summed E-state index contributed by atoms with van der Waals surface area (Å²) < 4.78 is 0. The van der Waals surface area contributed by atoms with Gasteiger partial charge in [-0.1, -0.05) is 18.2 Å². The van der Waals surface area contributed by atoms with Gasteiger partial charge in [0.1, 0.15) is 6.34 Å². The summed E-state index contributed by atoms with van der Waals surface area (Å²) in [6, 6.07) is 0.350. The predicted octanol–water partition coefficient (Wildman–Crippen LogP) is 1.35. The Kier molecular flexibility index (Phi) is 1.24. The van der Waals surface area contributed by atoms with Crippen molar-refractivity contribution in [3.63, 3.8) is 0 Å². The van der Waals surface area contributed by atoms with E-state index in [-0.39, 0.29) is 0 Å². The molecule has 0 radical (unpaired) electrons. The van der Waals surface area contributed by atoms with E-state index < -0.39 is 0 Å². The van der Waals surface area contributed by atoms with Crippen LogP contribution in [0.2, 0.25) is 0 Å². The van der Waals surface area contributed by atoms with E-state index in [4.69, 9.17) is 0 Å². The van der Waals surface area contributed by atoms with E-state index in [9.17, 15) is 0 Å². The van der Waals surface area contributed by atoms with Crippen molar-refractivity contribution in [1.29, 1.82) is 0 Å². The molecule has 1 aliphatic carbocycles. The van der Waals surface area contributed by atoms with Crippen LogP contribution in [0.1, 0.15) is 6.42 Å². The Morgan fingerprint density at radius 3 is 3.40 bits per heavy atom. The standard InChI is InChI=1S/C8H8N2/c1-2-4-8-7(3-1)5-9-6-10-8/h1-3,5-6,8H,4H2. The molecule has 0 fully saturated rings. The lowest BCUT2D eigenvalue weighted by Crippen LogP contribution is -2.13. The fourth-order valence-electron chi connectivity index (χ4n) is 1.15. The summed E-state index contributed by atoms with van der Waals surface area (Å²) in [7, 11) is 0. The first kappa shape index (κ1) is 5.59. The first-order valence-electron chi connectivity index (χ1n) is 3.38. The van der Waals surface area contributed by atoms with E-state index in [1.165, 1.54) is 5.57 Å². The van der Waals surface area contributed by atoms with E-state index in [1.807, 2.05) is 6.21 Å². The highest BCUT2D eigenvalue weighted by Crippen LogP contribution is 2.16. The van der Waals surface area contributed by atoms with Gasteiger partial charge in [0.25, 0.3) is 0 Å². The van der Waals surface area contributed by atoms with Gasteiger partial charge in [0.15, 0.2) is 0 Å². The van der Waals surface area contributed by atoms with E-state index in [0.29, 0.717) is 6.04 Å². The van der Waals surface area contributed by atoms with Gasteiger partial charge in [-0.15, -0.1) is 0 Å². The Bertz CT molecular complexity index is 246.